The lowest BCUT2D eigenvalue weighted by Gasteiger charge is -2.02. The van der Waals surface area contributed by atoms with Gasteiger partial charge in [-0.3, -0.25) is 0 Å². The van der Waals surface area contributed by atoms with Crippen LogP contribution < -0.4 is 5.32 Å². The zero-order valence-electron chi connectivity index (χ0n) is 9.11. The number of nitrogens with one attached hydrogen (secondary N) is 1. The molecule has 3 rings (SSSR count). The molecule has 1 N–H and O–H groups in total. The Balaban J connectivity index is 2.08. The molecule has 0 unspecified atom stereocenters. The molecule has 0 saturated heterocycles. The minimum Gasteiger partial charge on any atom is -0.358 e. The van der Waals surface area contributed by atoms with E-state index in [1.807, 2.05) is 30.3 Å². The van der Waals surface area contributed by atoms with Crippen molar-refractivity contribution in [2.45, 2.75) is 0 Å². The van der Waals surface area contributed by atoms with Crippen molar-refractivity contribution in [2.75, 3.05) is 5.32 Å². The molecular weight excluding hydrogens is 252 g/mol. The Morgan fingerprint density at radius 1 is 1.33 bits per heavy atom. The zero-order chi connectivity index (χ0) is 12.5. The van der Waals surface area contributed by atoms with Crippen LogP contribution in [0.3, 0.4) is 0 Å². The lowest BCUT2D eigenvalue weighted by atomic mass is 10.3. The summed E-state index contributed by atoms with van der Waals surface area (Å²) >= 11 is 1.36. The lowest BCUT2D eigenvalue weighted by Crippen LogP contribution is -1.97. The van der Waals surface area contributed by atoms with Gasteiger partial charge in [-0.2, -0.15) is 9.38 Å². The van der Waals surface area contributed by atoms with Crippen molar-refractivity contribution in [3.8, 4) is 0 Å². The largest absolute Gasteiger partial charge is 0.373 e. The number of aromatic nitrogens is 2. The SMILES string of the molecule is O=[N+]([O-])c1c(Nc2ccccc2)nc2sccn12. The van der Waals surface area contributed by atoms with Gasteiger partial charge in [0, 0.05) is 11.1 Å². The van der Waals surface area contributed by atoms with E-state index in [0.717, 1.165) is 5.69 Å². The van der Waals surface area contributed by atoms with E-state index in [2.05, 4.69) is 10.3 Å². The van der Waals surface area contributed by atoms with E-state index in [-0.39, 0.29) is 11.6 Å². The second kappa shape index (κ2) is 4.11. The van der Waals surface area contributed by atoms with Gasteiger partial charge in [-0.25, -0.2) is 0 Å². The summed E-state index contributed by atoms with van der Waals surface area (Å²) in [7, 11) is 0. The fourth-order valence-corrected chi connectivity index (χ4v) is 2.40. The van der Waals surface area contributed by atoms with E-state index in [4.69, 9.17) is 0 Å². The van der Waals surface area contributed by atoms with E-state index in [1.165, 1.54) is 15.7 Å². The highest BCUT2D eigenvalue weighted by Crippen LogP contribution is 2.30. The van der Waals surface area contributed by atoms with Gasteiger partial charge in [-0.05, 0) is 17.1 Å². The molecule has 0 aliphatic rings. The van der Waals surface area contributed by atoms with Crippen LogP contribution in [0.2, 0.25) is 0 Å². The monoisotopic (exact) mass is 260 g/mol. The molecule has 1 aromatic carbocycles. The molecule has 0 radical (unpaired) electrons. The fourth-order valence-electron chi connectivity index (χ4n) is 1.69. The molecule has 0 saturated carbocycles. The Bertz CT molecular complexity index is 704. The van der Waals surface area contributed by atoms with E-state index < -0.39 is 4.92 Å². The minimum atomic E-state index is -0.433. The van der Waals surface area contributed by atoms with Crippen LogP contribution in [0.15, 0.2) is 41.9 Å². The Labute approximate surface area is 106 Å². The summed E-state index contributed by atoms with van der Waals surface area (Å²) in [4.78, 5) is 15.5. The zero-order valence-corrected chi connectivity index (χ0v) is 9.92. The second-order valence-electron chi connectivity index (χ2n) is 3.59. The van der Waals surface area contributed by atoms with Crippen LogP contribution in [0, 0.1) is 10.1 Å². The molecule has 18 heavy (non-hydrogen) atoms. The molecule has 0 amide bonds. The number of thiazole rings is 1. The predicted molar refractivity (Wildman–Crippen MR) is 69.4 cm³/mol. The summed E-state index contributed by atoms with van der Waals surface area (Å²) in [6, 6.07) is 9.25. The average Bonchev–Trinajstić information content (AvgIpc) is 2.89. The van der Waals surface area contributed by atoms with Crippen LogP contribution in [0.5, 0.6) is 0 Å². The smallest absolute Gasteiger partial charge is 0.358 e. The maximum Gasteiger partial charge on any atom is 0.373 e. The molecule has 90 valence electrons. The van der Waals surface area contributed by atoms with Crippen LogP contribution in [-0.2, 0) is 0 Å². The highest BCUT2D eigenvalue weighted by Gasteiger charge is 2.23. The summed E-state index contributed by atoms with van der Waals surface area (Å²) in [5.74, 6) is 0.216. The van der Waals surface area contributed by atoms with Crippen LogP contribution in [0.4, 0.5) is 17.3 Å². The first-order chi connectivity index (χ1) is 8.75. The molecule has 3 aromatic rings. The second-order valence-corrected chi connectivity index (χ2v) is 4.46. The molecule has 0 fully saturated rings. The summed E-state index contributed by atoms with van der Waals surface area (Å²) in [6.45, 7) is 0. The lowest BCUT2D eigenvalue weighted by molar-refractivity contribution is -0.389. The van der Waals surface area contributed by atoms with Crippen LogP contribution in [0.25, 0.3) is 4.96 Å². The molecule has 0 aliphatic heterocycles. The van der Waals surface area contributed by atoms with Crippen molar-refractivity contribution in [1.29, 1.82) is 0 Å². The summed E-state index contributed by atoms with van der Waals surface area (Å²) < 4.78 is 1.47. The Hall–Kier alpha value is -2.41. The van der Waals surface area contributed by atoms with Crippen molar-refractivity contribution in [1.82, 2.24) is 9.38 Å². The van der Waals surface area contributed by atoms with Gasteiger partial charge in [0.15, 0.2) is 0 Å². The van der Waals surface area contributed by atoms with Crippen molar-refractivity contribution in [3.63, 3.8) is 0 Å². The van der Waals surface area contributed by atoms with Crippen LogP contribution >= 0.6 is 11.3 Å². The van der Waals surface area contributed by atoms with Gasteiger partial charge in [0.2, 0.25) is 5.82 Å². The highest BCUT2D eigenvalue weighted by atomic mass is 32.1. The maximum absolute atomic E-state index is 11.1. The molecule has 7 heteroatoms. The normalized spacial score (nSPS) is 10.7. The Morgan fingerprint density at radius 2 is 2.11 bits per heavy atom. The van der Waals surface area contributed by atoms with Crippen molar-refractivity contribution < 1.29 is 4.92 Å². The predicted octanol–water partition coefficient (Wildman–Crippen LogP) is 3.05. The number of nitrogens with zero attached hydrogens (tertiary/aromatic N) is 3. The van der Waals surface area contributed by atoms with Gasteiger partial charge < -0.3 is 15.4 Å². The highest BCUT2D eigenvalue weighted by molar-refractivity contribution is 7.15. The standard InChI is InChI=1S/C11H8N4O2S/c16-15(17)10-9(12-8-4-2-1-3-5-8)13-11-14(10)6-7-18-11/h1-7,12H. The molecule has 0 bridgehead atoms. The number of hydrogen-bond acceptors (Lipinski definition) is 5. The van der Waals surface area contributed by atoms with Crippen molar-refractivity contribution >= 4 is 33.6 Å². The molecule has 2 heterocycles. The number of rotatable bonds is 3. The van der Waals surface area contributed by atoms with Crippen LogP contribution in [0.1, 0.15) is 0 Å². The number of hydrogen-bond donors (Lipinski definition) is 1. The maximum atomic E-state index is 11.1. The topological polar surface area (TPSA) is 72.5 Å². The fraction of sp³-hybridized carbons (Fsp3) is 0. The van der Waals surface area contributed by atoms with Crippen molar-refractivity contribution in [3.05, 3.63) is 52.0 Å². The van der Waals surface area contributed by atoms with Gasteiger partial charge in [0.25, 0.3) is 4.96 Å². The Morgan fingerprint density at radius 3 is 2.83 bits per heavy atom. The quantitative estimate of drug-likeness (QED) is 0.580. The molecule has 0 atom stereocenters. The summed E-state index contributed by atoms with van der Waals surface area (Å²) in [5.41, 5.74) is 0.770. The third-order valence-corrected chi connectivity index (χ3v) is 3.20. The Kier molecular flexibility index (Phi) is 2.45. The number of para-hydroxylation sites is 1. The summed E-state index contributed by atoms with van der Waals surface area (Å²) in [5, 5.41) is 15.8. The third kappa shape index (κ3) is 1.70. The van der Waals surface area contributed by atoms with Gasteiger partial charge in [0.1, 0.15) is 6.20 Å². The first kappa shape index (κ1) is 10.7. The van der Waals surface area contributed by atoms with E-state index in [9.17, 15) is 10.1 Å². The minimum absolute atomic E-state index is 0.0462. The first-order valence-electron chi connectivity index (χ1n) is 5.18. The van der Waals surface area contributed by atoms with Gasteiger partial charge >= 0.3 is 5.82 Å². The van der Waals surface area contributed by atoms with Gasteiger partial charge in [0.05, 0.1) is 0 Å². The van der Waals surface area contributed by atoms with Crippen molar-refractivity contribution in [2.24, 2.45) is 0 Å². The molecular formula is C11H8N4O2S. The van der Waals surface area contributed by atoms with E-state index in [1.54, 1.807) is 11.6 Å². The number of nitro groups is 1. The third-order valence-electron chi connectivity index (χ3n) is 2.45. The number of imidazole rings is 1. The molecule has 2 aromatic heterocycles. The molecule has 0 aliphatic carbocycles. The number of fused-ring (bicyclic) bond motifs is 1. The average molecular weight is 260 g/mol. The number of anilines is 2. The van der Waals surface area contributed by atoms with E-state index >= 15 is 0 Å². The van der Waals surface area contributed by atoms with Gasteiger partial charge in [-0.1, -0.05) is 29.5 Å². The van der Waals surface area contributed by atoms with Gasteiger partial charge in [-0.15, -0.1) is 0 Å². The summed E-state index contributed by atoms with van der Waals surface area (Å²) in [6.07, 6.45) is 1.64. The first-order valence-corrected chi connectivity index (χ1v) is 6.05. The molecule has 0 spiro atoms. The molecule has 6 nitrogen and oxygen atoms in total. The van der Waals surface area contributed by atoms with E-state index in [0.29, 0.717) is 4.96 Å². The number of benzene rings is 1. The van der Waals surface area contributed by atoms with Crippen LogP contribution in [-0.4, -0.2) is 14.3 Å².